The van der Waals surface area contributed by atoms with E-state index in [-0.39, 0.29) is 6.54 Å². The van der Waals surface area contributed by atoms with Crippen molar-refractivity contribution >= 4 is 28.8 Å². The van der Waals surface area contributed by atoms with Gasteiger partial charge in [-0.15, -0.1) is 11.3 Å². The Morgan fingerprint density at radius 3 is 2.58 bits per heavy atom. The zero-order chi connectivity index (χ0) is 18.4. The Morgan fingerprint density at radius 2 is 1.88 bits per heavy atom. The molecule has 2 amide bonds. The fourth-order valence-electron chi connectivity index (χ4n) is 2.26. The molecular weight excluding hydrogens is 352 g/mol. The number of amides is 2. The molecule has 7 heteroatoms. The van der Waals surface area contributed by atoms with Gasteiger partial charge in [0.25, 0.3) is 0 Å². The summed E-state index contributed by atoms with van der Waals surface area (Å²) < 4.78 is 11.0. The molecule has 0 bridgehead atoms. The quantitative estimate of drug-likeness (QED) is 0.649. The fourth-order valence-corrected chi connectivity index (χ4v) is 2.95. The third-order valence-corrected chi connectivity index (χ3v) is 4.36. The Morgan fingerprint density at radius 1 is 1.08 bits per heavy atom. The Bertz CT molecular complexity index is 869. The molecule has 3 aromatic rings. The molecule has 0 spiro atoms. The Balaban J connectivity index is 1.50. The number of rotatable bonds is 6. The summed E-state index contributed by atoms with van der Waals surface area (Å²) in [6, 6.07) is 14.3. The van der Waals surface area contributed by atoms with Crippen LogP contribution >= 0.6 is 11.3 Å². The predicted octanol–water partition coefficient (Wildman–Crippen LogP) is 3.66. The third kappa shape index (κ3) is 4.52. The summed E-state index contributed by atoms with van der Waals surface area (Å²) in [6.07, 6.45) is 0. The molecule has 0 aliphatic heterocycles. The zero-order valence-electron chi connectivity index (χ0n) is 14.2. The second-order valence-electron chi connectivity index (χ2n) is 5.34. The maximum atomic E-state index is 12.0. The molecule has 1 aromatic carbocycles. The van der Waals surface area contributed by atoms with Gasteiger partial charge in [-0.1, -0.05) is 6.07 Å². The van der Waals surface area contributed by atoms with E-state index in [1.165, 1.54) is 0 Å². The van der Waals surface area contributed by atoms with E-state index in [1.807, 2.05) is 30.5 Å². The predicted molar refractivity (Wildman–Crippen MR) is 100 cm³/mol. The van der Waals surface area contributed by atoms with Crippen molar-refractivity contribution < 1.29 is 18.7 Å². The number of hydrogen-bond donors (Lipinski definition) is 2. The van der Waals surface area contributed by atoms with Gasteiger partial charge in [-0.05, 0) is 54.8 Å². The van der Waals surface area contributed by atoms with E-state index >= 15 is 0 Å². The molecule has 134 valence electrons. The van der Waals surface area contributed by atoms with Crippen molar-refractivity contribution in [3.8, 4) is 16.4 Å². The molecule has 2 N–H and O–H groups in total. The smallest absolute Gasteiger partial charge is 0.313 e. The van der Waals surface area contributed by atoms with Gasteiger partial charge in [0.15, 0.2) is 0 Å². The molecule has 2 aromatic heterocycles. The number of ether oxygens (including phenoxy) is 1. The number of hydrogen-bond acceptors (Lipinski definition) is 5. The monoisotopic (exact) mass is 370 g/mol. The van der Waals surface area contributed by atoms with E-state index in [4.69, 9.17) is 9.15 Å². The van der Waals surface area contributed by atoms with Crippen molar-refractivity contribution in [2.24, 2.45) is 0 Å². The minimum Gasteiger partial charge on any atom is -0.494 e. The molecule has 0 radical (unpaired) electrons. The van der Waals surface area contributed by atoms with Gasteiger partial charge in [-0.25, -0.2) is 0 Å². The third-order valence-electron chi connectivity index (χ3n) is 3.48. The molecule has 0 saturated carbocycles. The number of benzene rings is 1. The molecule has 26 heavy (non-hydrogen) atoms. The molecular formula is C19H18N2O4S. The van der Waals surface area contributed by atoms with Gasteiger partial charge in [0.05, 0.1) is 18.0 Å². The molecule has 0 fully saturated rings. The van der Waals surface area contributed by atoms with Crippen molar-refractivity contribution in [2.75, 3.05) is 11.9 Å². The van der Waals surface area contributed by atoms with Gasteiger partial charge < -0.3 is 19.8 Å². The number of furan rings is 1. The van der Waals surface area contributed by atoms with Crippen molar-refractivity contribution in [1.29, 1.82) is 0 Å². The molecule has 2 heterocycles. The first-order valence-electron chi connectivity index (χ1n) is 8.10. The highest BCUT2D eigenvalue weighted by molar-refractivity contribution is 7.13. The summed E-state index contributed by atoms with van der Waals surface area (Å²) in [5.74, 6) is 0.556. The van der Waals surface area contributed by atoms with Crippen LogP contribution in [0, 0.1) is 0 Å². The summed E-state index contributed by atoms with van der Waals surface area (Å²) in [4.78, 5) is 24.9. The average molecular weight is 370 g/mol. The molecule has 3 rings (SSSR count). The van der Waals surface area contributed by atoms with Crippen LogP contribution in [0.5, 0.6) is 5.75 Å². The second-order valence-corrected chi connectivity index (χ2v) is 6.29. The lowest BCUT2D eigenvalue weighted by Gasteiger charge is -2.07. The van der Waals surface area contributed by atoms with Crippen LogP contribution in [-0.4, -0.2) is 18.4 Å². The molecule has 6 nitrogen and oxygen atoms in total. The highest BCUT2D eigenvalue weighted by Gasteiger charge is 2.14. The van der Waals surface area contributed by atoms with Gasteiger partial charge in [-0.3, -0.25) is 9.59 Å². The van der Waals surface area contributed by atoms with E-state index < -0.39 is 11.8 Å². The summed E-state index contributed by atoms with van der Waals surface area (Å²) in [5, 5.41) is 7.05. The first kappa shape index (κ1) is 17.8. The minimum atomic E-state index is -0.737. The standard InChI is InChI=1S/C19H18N2O4S/c1-2-24-14-7-5-13(6-8-14)21-19(23)18(22)20-12-15-9-10-16(25-15)17-4-3-11-26-17/h3-11H,2,12H2,1H3,(H,20,22)(H,21,23). The highest BCUT2D eigenvalue weighted by Crippen LogP contribution is 2.26. The Kier molecular flexibility index (Phi) is 5.70. The number of anilines is 1. The van der Waals surface area contributed by atoms with E-state index in [2.05, 4.69) is 10.6 Å². The molecule has 0 atom stereocenters. The van der Waals surface area contributed by atoms with Crippen molar-refractivity contribution in [2.45, 2.75) is 13.5 Å². The maximum absolute atomic E-state index is 12.0. The number of nitrogens with one attached hydrogen (secondary N) is 2. The Hall–Kier alpha value is -3.06. The molecule has 0 aliphatic rings. The molecule has 0 unspecified atom stereocenters. The van der Waals surface area contributed by atoms with Gasteiger partial charge in [-0.2, -0.15) is 0 Å². The molecule has 0 aliphatic carbocycles. The van der Waals surface area contributed by atoms with E-state index in [0.717, 1.165) is 10.6 Å². The van der Waals surface area contributed by atoms with Crippen LogP contribution in [0.2, 0.25) is 0 Å². The Labute approximate surface area is 154 Å². The van der Waals surface area contributed by atoms with Gasteiger partial charge >= 0.3 is 11.8 Å². The average Bonchev–Trinajstić information content (AvgIpc) is 3.33. The second kappa shape index (κ2) is 8.35. The topological polar surface area (TPSA) is 80.6 Å². The number of carbonyl (C=O) groups excluding carboxylic acids is 2. The fraction of sp³-hybridized carbons (Fsp3) is 0.158. The van der Waals surface area contributed by atoms with Crippen LogP contribution in [0.25, 0.3) is 10.6 Å². The largest absolute Gasteiger partial charge is 0.494 e. The lowest BCUT2D eigenvalue weighted by atomic mass is 10.3. The van der Waals surface area contributed by atoms with Crippen molar-refractivity contribution in [3.05, 3.63) is 59.7 Å². The summed E-state index contributed by atoms with van der Waals surface area (Å²) in [5.41, 5.74) is 0.520. The van der Waals surface area contributed by atoms with Crippen LogP contribution in [0.4, 0.5) is 5.69 Å². The zero-order valence-corrected chi connectivity index (χ0v) is 15.0. The molecule has 0 saturated heterocycles. The minimum absolute atomic E-state index is 0.140. The highest BCUT2D eigenvalue weighted by atomic mass is 32.1. The maximum Gasteiger partial charge on any atom is 0.313 e. The first-order chi connectivity index (χ1) is 12.7. The van der Waals surface area contributed by atoms with E-state index in [9.17, 15) is 9.59 Å². The van der Waals surface area contributed by atoms with Crippen LogP contribution in [0.15, 0.2) is 58.3 Å². The van der Waals surface area contributed by atoms with E-state index in [0.29, 0.717) is 23.8 Å². The lowest BCUT2D eigenvalue weighted by Crippen LogP contribution is -2.34. The van der Waals surface area contributed by atoms with Gasteiger partial charge in [0.1, 0.15) is 17.3 Å². The lowest BCUT2D eigenvalue weighted by molar-refractivity contribution is -0.136. The van der Waals surface area contributed by atoms with Crippen LogP contribution in [0.1, 0.15) is 12.7 Å². The van der Waals surface area contributed by atoms with E-state index in [1.54, 1.807) is 41.7 Å². The van der Waals surface area contributed by atoms with Crippen LogP contribution < -0.4 is 15.4 Å². The summed E-state index contributed by atoms with van der Waals surface area (Å²) >= 11 is 1.57. The summed E-state index contributed by atoms with van der Waals surface area (Å²) in [7, 11) is 0. The van der Waals surface area contributed by atoms with Gasteiger partial charge in [0, 0.05) is 5.69 Å². The van der Waals surface area contributed by atoms with Crippen molar-refractivity contribution in [1.82, 2.24) is 5.32 Å². The van der Waals surface area contributed by atoms with Gasteiger partial charge in [0.2, 0.25) is 0 Å². The first-order valence-corrected chi connectivity index (χ1v) is 8.98. The normalized spacial score (nSPS) is 10.3. The number of thiophene rings is 1. The number of carbonyl (C=O) groups is 2. The van der Waals surface area contributed by atoms with Crippen molar-refractivity contribution in [3.63, 3.8) is 0 Å². The van der Waals surface area contributed by atoms with Crippen LogP contribution in [0.3, 0.4) is 0 Å². The van der Waals surface area contributed by atoms with Crippen LogP contribution in [-0.2, 0) is 16.1 Å². The SMILES string of the molecule is CCOc1ccc(NC(=O)C(=O)NCc2ccc(-c3cccs3)o2)cc1. The summed E-state index contributed by atoms with van der Waals surface area (Å²) in [6.45, 7) is 2.60.